The Morgan fingerprint density at radius 2 is 2.08 bits per heavy atom. The molecule has 4 nitrogen and oxygen atoms in total. The van der Waals surface area contributed by atoms with Crippen molar-refractivity contribution in [1.82, 2.24) is 15.3 Å². The molecule has 0 aliphatic rings. The first-order valence-corrected chi connectivity index (χ1v) is 9.68. The number of carbonyl (C=O) groups is 1. The van der Waals surface area contributed by atoms with Gasteiger partial charge in [0, 0.05) is 10.3 Å². The van der Waals surface area contributed by atoms with Crippen molar-refractivity contribution in [3.05, 3.63) is 53.2 Å². The summed E-state index contributed by atoms with van der Waals surface area (Å²) in [5.41, 5.74) is 1.10. The maximum atomic E-state index is 12.2. The van der Waals surface area contributed by atoms with E-state index in [4.69, 9.17) is 0 Å². The van der Waals surface area contributed by atoms with Gasteiger partial charge in [-0.3, -0.25) is 4.79 Å². The molecule has 2 heterocycles. The molecule has 0 saturated heterocycles. The van der Waals surface area contributed by atoms with Gasteiger partial charge in [-0.2, -0.15) is 0 Å². The van der Waals surface area contributed by atoms with Crippen LogP contribution in [0.2, 0.25) is 0 Å². The van der Waals surface area contributed by atoms with E-state index < -0.39 is 0 Å². The van der Waals surface area contributed by atoms with Crippen LogP contribution < -0.4 is 5.32 Å². The summed E-state index contributed by atoms with van der Waals surface area (Å²) in [6, 6.07) is 12.1. The second-order valence-corrected chi connectivity index (χ2v) is 7.53. The van der Waals surface area contributed by atoms with Gasteiger partial charge in [-0.15, -0.1) is 11.3 Å². The van der Waals surface area contributed by atoms with Gasteiger partial charge in [0.1, 0.15) is 16.2 Å². The monoisotopic (exact) mass is 357 g/mol. The summed E-state index contributed by atoms with van der Waals surface area (Å²) in [5, 5.41) is 4.95. The Kier molecular flexibility index (Phi) is 5.48. The molecule has 1 atom stereocenters. The molecule has 3 aromatic rings. The van der Waals surface area contributed by atoms with Gasteiger partial charge in [-0.05, 0) is 25.0 Å². The standard InChI is InChI=1S/C18H19N3OS2/c1-3-14-9-15-17(19-11-20-18(15)24-14)23-10-16(22)21-12(2)13-7-5-4-6-8-13/h4-9,11-12H,3,10H2,1-2H3,(H,21,22)/t12-/m1/s1. The fraction of sp³-hybridized carbons (Fsp3) is 0.278. The van der Waals surface area contributed by atoms with Crippen LogP contribution >= 0.6 is 23.1 Å². The molecule has 1 amide bonds. The molecule has 0 aliphatic heterocycles. The quantitative estimate of drug-likeness (QED) is 0.530. The lowest BCUT2D eigenvalue weighted by Gasteiger charge is -2.14. The molecular weight excluding hydrogens is 338 g/mol. The maximum absolute atomic E-state index is 12.2. The van der Waals surface area contributed by atoms with Gasteiger partial charge >= 0.3 is 0 Å². The molecule has 0 unspecified atom stereocenters. The molecule has 0 radical (unpaired) electrons. The van der Waals surface area contributed by atoms with Crippen LogP contribution in [0.1, 0.15) is 30.3 Å². The fourth-order valence-corrected chi connectivity index (χ4v) is 4.20. The van der Waals surface area contributed by atoms with Gasteiger partial charge in [0.2, 0.25) is 5.91 Å². The van der Waals surface area contributed by atoms with E-state index >= 15 is 0 Å². The fourth-order valence-electron chi connectivity index (χ4n) is 2.42. The van der Waals surface area contributed by atoms with E-state index in [0.29, 0.717) is 5.75 Å². The van der Waals surface area contributed by atoms with Gasteiger partial charge in [-0.25, -0.2) is 9.97 Å². The number of fused-ring (bicyclic) bond motifs is 1. The highest BCUT2D eigenvalue weighted by molar-refractivity contribution is 8.00. The van der Waals surface area contributed by atoms with Crippen molar-refractivity contribution in [2.75, 3.05) is 5.75 Å². The minimum absolute atomic E-state index is 0.00226. The highest BCUT2D eigenvalue weighted by atomic mass is 32.2. The van der Waals surface area contributed by atoms with Crippen LogP contribution in [0.3, 0.4) is 0 Å². The Hall–Kier alpha value is -1.92. The molecule has 0 aliphatic carbocycles. The van der Waals surface area contributed by atoms with E-state index in [9.17, 15) is 4.79 Å². The van der Waals surface area contributed by atoms with Crippen LogP contribution in [0.15, 0.2) is 47.8 Å². The van der Waals surface area contributed by atoms with Gasteiger partial charge in [-0.1, -0.05) is 49.0 Å². The van der Waals surface area contributed by atoms with Crippen LogP contribution in [0.4, 0.5) is 0 Å². The van der Waals surface area contributed by atoms with Gasteiger partial charge in [0.25, 0.3) is 0 Å². The molecular formula is C18H19N3OS2. The first-order valence-electron chi connectivity index (χ1n) is 7.88. The molecule has 6 heteroatoms. The number of nitrogens with zero attached hydrogens (tertiary/aromatic N) is 2. The third-order valence-corrected chi connectivity index (χ3v) is 5.90. The topological polar surface area (TPSA) is 54.9 Å². The molecule has 3 rings (SSSR count). The zero-order valence-electron chi connectivity index (χ0n) is 13.7. The van der Waals surface area contributed by atoms with E-state index in [-0.39, 0.29) is 11.9 Å². The Labute approximate surface area is 149 Å². The summed E-state index contributed by atoms with van der Waals surface area (Å²) < 4.78 is 0. The summed E-state index contributed by atoms with van der Waals surface area (Å²) in [5.74, 6) is 0.356. The number of thiophene rings is 1. The normalized spacial score (nSPS) is 12.2. The van der Waals surface area contributed by atoms with Crippen LogP contribution in [0, 0.1) is 0 Å². The Bertz CT molecular complexity index is 833. The lowest BCUT2D eigenvalue weighted by molar-refractivity contribution is -0.119. The number of hydrogen-bond donors (Lipinski definition) is 1. The van der Waals surface area contributed by atoms with Crippen molar-refractivity contribution < 1.29 is 4.79 Å². The summed E-state index contributed by atoms with van der Waals surface area (Å²) in [4.78, 5) is 23.2. The van der Waals surface area contributed by atoms with E-state index in [1.165, 1.54) is 16.6 Å². The van der Waals surface area contributed by atoms with Crippen molar-refractivity contribution in [2.45, 2.75) is 31.3 Å². The van der Waals surface area contributed by atoms with Crippen molar-refractivity contribution in [2.24, 2.45) is 0 Å². The largest absolute Gasteiger partial charge is 0.349 e. The van der Waals surface area contributed by atoms with E-state index in [1.54, 1.807) is 17.7 Å². The van der Waals surface area contributed by atoms with Crippen LogP contribution in [-0.2, 0) is 11.2 Å². The predicted octanol–water partition coefficient (Wildman–Crippen LogP) is 4.22. The third-order valence-electron chi connectivity index (χ3n) is 3.71. The predicted molar refractivity (Wildman–Crippen MR) is 101 cm³/mol. The van der Waals surface area contributed by atoms with Crippen LogP contribution in [0.25, 0.3) is 10.2 Å². The average molecular weight is 358 g/mol. The van der Waals surface area contributed by atoms with Gasteiger partial charge in [0.15, 0.2) is 0 Å². The molecule has 1 aromatic carbocycles. The summed E-state index contributed by atoms with van der Waals surface area (Å²) >= 11 is 3.15. The number of carbonyl (C=O) groups excluding carboxylic acids is 1. The minimum Gasteiger partial charge on any atom is -0.349 e. The minimum atomic E-state index is -0.00226. The second kappa shape index (κ2) is 7.77. The highest BCUT2D eigenvalue weighted by Gasteiger charge is 2.13. The summed E-state index contributed by atoms with van der Waals surface area (Å²) in [6.07, 6.45) is 2.56. The van der Waals surface area contributed by atoms with Gasteiger partial charge in [0.05, 0.1) is 11.8 Å². The molecule has 124 valence electrons. The van der Waals surface area contributed by atoms with E-state index in [2.05, 4.69) is 28.3 Å². The van der Waals surface area contributed by atoms with Crippen molar-refractivity contribution in [1.29, 1.82) is 0 Å². The second-order valence-electron chi connectivity index (χ2n) is 5.45. The number of benzene rings is 1. The smallest absolute Gasteiger partial charge is 0.230 e. The Morgan fingerprint density at radius 1 is 1.29 bits per heavy atom. The number of aromatic nitrogens is 2. The molecule has 1 N–H and O–H groups in total. The van der Waals surface area contributed by atoms with Crippen LogP contribution in [0.5, 0.6) is 0 Å². The molecule has 2 aromatic heterocycles. The number of nitrogens with one attached hydrogen (secondary N) is 1. The average Bonchev–Trinajstić information content (AvgIpc) is 3.04. The number of rotatable bonds is 6. The summed E-state index contributed by atoms with van der Waals surface area (Å²) in [7, 11) is 0. The van der Waals surface area contributed by atoms with Crippen molar-refractivity contribution in [3.8, 4) is 0 Å². The van der Waals surface area contributed by atoms with E-state index in [1.807, 2.05) is 37.3 Å². The SMILES string of the molecule is CCc1cc2c(SCC(=O)N[C@H](C)c3ccccc3)ncnc2s1. The summed E-state index contributed by atoms with van der Waals surface area (Å²) in [6.45, 7) is 4.12. The Balaban J connectivity index is 1.63. The third kappa shape index (κ3) is 3.94. The maximum Gasteiger partial charge on any atom is 0.230 e. The van der Waals surface area contributed by atoms with Crippen LogP contribution in [-0.4, -0.2) is 21.6 Å². The zero-order valence-corrected chi connectivity index (χ0v) is 15.3. The van der Waals surface area contributed by atoms with E-state index in [0.717, 1.165) is 27.2 Å². The molecule has 0 saturated carbocycles. The highest BCUT2D eigenvalue weighted by Crippen LogP contribution is 2.30. The molecule has 0 bridgehead atoms. The lowest BCUT2D eigenvalue weighted by Crippen LogP contribution is -2.28. The number of amides is 1. The van der Waals surface area contributed by atoms with Crippen molar-refractivity contribution >= 4 is 39.2 Å². The first kappa shape index (κ1) is 16.9. The number of aryl methyl sites for hydroxylation is 1. The first-order chi connectivity index (χ1) is 11.7. The molecule has 0 spiro atoms. The Morgan fingerprint density at radius 3 is 2.83 bits per heavy atom. The molecule has 24 heavy (non-hydrogen) atoms. The van der Waals surface area contributed by atoms with Gasteiger partial charge < -0.3 is 5.32 Å². The molecule has 0 fully saturated rings. The zero-order chi connectivity index (χ0) is 16.9. The van der Waals surface area contributed by atoms with Crippen molar-refractivity contribution in [3.63, 3.8) is 0 Å². The number of hydrogen-bond acceptors (Lipinski definition) is 5. The lowest BCUT2D eigenvalue weighted by atomic mass is 10.1. The number of thioether (sulfide) groups is 1.